The molecule has 0 saturated heterocycles. The Balaban J connectivity index is 1.50. The third-order valence-electron chi connectivity index (χ3n) is 5.72. The molecule has 8 nitrogen and oxygen atoms in total. The SMILES string of the molecule is CCCCCOc1ccc(NC(=O)C(=O)Nn2c(C(=O)Nc3ccc(Cl)cc3Cl)cc3cc(Cl)ccc32)cc1. The molecule has 3 N–H and O–H groups in total. The third-order valence-corrected chi connectivity index (χ3v) is 6.51. The highest BCUT2D eigenvalue weighted by Gasteiger charge is 2.22. The summed E-state index contributed by atoms with van der Waals surface area (Å²) >= 11 is 18.3. The maximum absolute atomic E-state index is 13.2. The van der Waals surface area contributed by atoms with Gasteiger partial charge in [0.1, 0.15) is 11.4 Å². The minimum Gasteiger partial charge on any atom is -0.494 e. The van der Waals surface area contributed by atoms with Crippen LogP contribution in [0.25, 0.3) is 10.9 Å². The summed E-state index contributed by atoms with van der Waals surface area (Å²) in [6.07, 6.45) is 3.15. The highest BCUT2D eigenvalue weighted by atomic mass is 35.5. The number of anilines is 2. The molecule has 0 atom stereocenters. The summed E-state index contributed by atoms with van der Waals surface area (Å²) in [5.74, 6) is -1.82. The molecular weight excluding hydrogens is 563 g/mol. The van der Waals surface area contributed by atoms with Gasteiger partial charge in [-0.3, -0.25) is 19.8 Å². The number of nitrogens with zero attached hydrogens (tertiary/aromatic N) is 1. The minimum atomic E-state index is -0.985. The van der Waals surface area contributed by atoms with E-state index in [9.17, 15) is 14.4 Å². The molecule has 0 aliphatic heterocycles. The number of unbranched alkanes of at least 4 members (excludes halogenated alkanes) is 2. The first-order chi connectivity index (χ1) is 18.7. The maximum atomic E-state index is 13.2. The molecule has 3 aromatic carbocycles. The molecule has 4 aromatic rings. The van der Waals surface area contributed by atoms with Gasteiger partial charge in [0.2, 0.25) is 0 Å². The number of fused-ring (bicyclic) bond motifs is 1. The van der Waals surface area contributed by atoms with Gasteiger partial charge in [-0.2, -0.15) is 0 Å². The molecule has 0 bridgehead atoms. The fourth-order valence-electron chi connectivity index (χ4n) is 3.77. The number of hydrogen-bond donors (Lipinski definition) is 3. The Hall–Kier alpha value is -3.72. The maximum Gasteiger partial charge on any atom is 0.328 e. The monoisotopic (exact) mass is 586 g/mol. The van der Waals surface area contributed by atoms with E-state index < -0.39 is 17.7 Å². The number of aromatic nitrogens is 1. The lowest BCUT2D eigenvalue weighted by Gasteiger charge is -2.13. The fourth-order valence-corrected chi connectivity index (χ4v) is 4.40. The molecule has 4 rings (SSSR count). The summed E-state index contributed by atoms with van der Waals surface area (Å²) in [7, 11) is 0. The zero-order valence-electron chi connectivity index (χ0n) is 20.9. The molecule has 0 unspecified atom stereocenters. The van der Waals surface area contributed by atoms with Crippen molar-refractivity contribution in [3.05, 3.63) is 87.5 Å². The van der Waals surface area contributed by atoms with E-state index in [-0.39, 0.29) is 10.7 Å². The van der Waals surface area contributed by atoms with E-state index in [1.807, 2.05) is 0 Å². The van der Waals surface area contributed by atoms with E-state index in [1.54, 1.807) is 54.6 Å². The van der Waals surface area contributed by atoms with Crippen LogP contribution < -0.4 is 20.8 Å². The topological polar surface area (TPSA) is 101 Å². The van der Waals surface area contributed by atoms with Crippen LogP contribution in [0.3, 0.4) is 0 Å². The van der Waals surface area contributed by atoms with Crippen LogP contribution in [-0.2, 0) is 9.59 Å². The summed E-state index contributed by atoms with van der Waals surface area (Å²) in [5, 5.41) is 6.90. The third kappa shape index (κ3) is 7.23. The van der Waals surface area contributed by atoms with E-state index in [2.05, 4.69) is 23.0 Å². The van der Waals surface area contributed by atoms with Gasteiger partial charge in [0, 0.05) is 21.1 Å². The number of rotatable bonds is 9. The number of amides is 3. The molecule has 3 amide bonds. The van der Waals surface area contributed by atoms with Crippen molar-refractivity contribution in [2.75, 3.05) is 22.7 Å². The second-order valence-electron chi connectivity index (χ2n) is 8.62. The van der Waals surface area contributed by atoms with Gasteiger partial charge in [-0.25, -0.2) is 4.68 Å². The first kappa shape index (κ1) is 28.3. The van der Waals surface area contributed by atoms with Crippen molar-refractivity contribution in [3.8, 4) is 5.75 Å². The molecule has 0 spiro atoms. The Labute approximate surface area is 240 Å². The van der Waals surface area contributed by atoms with Crippen molar-refractivity contribution in [2.24, 2.45) is 0 Å². The number of carbonyl (C=O) groups excluding carboxylic acids is 3. The lowest BCUT2D eigenvalue weighted by Crippen LogP contribution is -2.36. The first-order valence-corrected chi connectivity index (χ1v) is 13.3. The summed E-state index contributed by atoms with van der Waals surface area (Å²) in [4.78, 5) is 38.7. The minimum absolute atomic E-state index is 0.0454. The van der Waals surface area contributed by atoms with Crippen LogP contribution >= 0.6 is 34.8 Å². The smallest absolute Gasteiger partial charge is 0.328 e. The molecule has 202 valence electrons. The zero-order chi connectivity index (χ0) is 27.9. The van der Waals surface area contributed by atoms with Crippen molar-refractivity contribution in [1.29, 1.82) is 0 Å². The van der Waals surface area contributed by atoms with Gasteiger partial charge in [-0.15, -0.1) is 0 Å². The van der Waals surface area contributed by atoms with E-state index in [0.717, 1.165) is 19.3 Å². The van der Waals surface area contributed by atoms with Gasteiger partial charge in [0.15, 0.2) is 0 Å². The van der Waals surface area contributed by atoms with Gasteiger partial charge >= 0.3 is 11.8 Å². The van der Waals surface area contributed by atoms with E-state index in [4.69, 9.17) is 39.5 Å². The summed E-state index contributed by atoms with van der Waals surface area (Å²) in [5.41, 5.74) is 3.73. The Morgan fingerprint density at radius 2 is 1.54 bits per heavy atom. The zero-order valence-corrected chi connectivity index (χ0v) is 23.2. The first-order valence-electron chi connectivity index (χ1n) is 12.2. The molecule has 11 heteroatoms. The normalized spacial score (nSPS) is 10.8. The number of carbonyl (C=O) groups is 3. The van der Waals surface area contributed by atoms with Crippen LogP contribution in [0.2, 0.25) is 15.1 Å². The molecule has 0 fully saturated rings. The summed E-state index contributed by atoms with van der Waals surface area (Å²) < 4.78 is 6.89. The van der Waals surface area contributed by atoms with Crippen LogP contribution in [0.15, 0.2) is 66.7 Å². The number of ether oxygens (including phenoxy) is 1. The van der Waals surface area contributed by atoms with Crippen LogP contribution in [-0.4, -0.2) is 29.0 Å². The second-order valence-corrected chi connectivity index (χ2v) is 9.90. The lowest BCUT2D eigenvalue weighted by atomic mass is 10.2. The average molecular weight is 588 g/mol. The molecule has 1 aromatic heterocycles. The predicted octanol–water partition coefficient (Wildman–Crippen LogP) is 7.13. The van der Waals surface area contributed by atoms with Crippen molar-refractivity contribution in [2.45, 2.75) is 26.2 Å². The molecular formula is C28H25Cl3N4O4. The van der Waals surface area contributed by atoms with E-state index in [0.29, 0.717) is 44.7 Å². The predicted molar refractivity (Wildman–Crippen MR) is 156 cm³/mol. The van der Waals surface area contributed by atoms with Gasteiger partial charge in [0.05, 0.1) is 22.8 Å². The number of hydrogen-bond acceptors (Lipinski definition) is 4. The Bertz CT molecular complexity index is 1520. The lowest BCUT2D eigenvalue weighted by molar-refractivity contribution is -0.133. The number of halogens is 3. The van der Waals surface area contributed by atoms with Gasteiger partial charge < -0.3 is 15.4 Å². The van der Waals surface area contributed by atoms with Crippen molar-refractivity contribution < 1.29 is 19.1 Å². The highest BCUT2D eigenvalue weighted by Crippen LogP contribution is 2.27. The largest absolute Gasteiger partial charge is 0.494 e. The van der Waals surface area contributed by atoms with Crippen molar-refractivity contribution >= 4 is 74.8 Å². The molecule has 0 aliphatic carbocycles. The van der Waals surface area contributed by atoms with Crippen molar-refractivity contribution in [3.63, 3.8) is 0 Å². The van der Waals surface area contributed by atoms with Crippen LogP contribution in [0, 0.1) is 0 Å². The van der Waals surface area contributed by atoms with Crippen molar-refractivity contribution in [1.82, 2.24) is 4.68 Å². The molecule has 0 radical (unpaired) electrons. The second kappa shape index (κ2) is 12.9. The van der Waals surface area contributed by atoms with E-state index >= 15 is 0 Å². The Morgan fingerprint density at radius 1 is 0.821 bits per heavy atom. The average Bonchev–Trinajstić information content (AvgIpc) is 3.26. The van der Waals surface area contributed by atoms with Gasteiger partial charge in [0.25, 0.3) is 5.91 Å². The van der Waals surface area contributed by atoms with Crippen LogP contribution in [0.1, 0.15) is 36.7 Å². The number of benzene rings is 3. The highest BCUT2D eigenvalue weighted by molar-refractivity contribution is 6.42. The Morgan fingerprint density at radius 3 is 2.26 bits per heavy atom. The summed E-state index contributed by atoms with van der Waals surface area (Å²) in [6.45, 7) is 2.73. The quantitative estimate of drug-likeness (QED) is 0.143. The summed E-state index contributed by atoms with van der Waals surface area (Å²) in [6, 6.07) is 17.7. The van der Waals surface area contributed by atoms with Crippen LogP contribution in [0.5, 0.6) is 5.75 Å². The Kier molecular flexibility index (Phi) is 9.35. The standard InChI is InChI=1S/C28H25Cl3N4O4/c1-2-3-4-13-39-21-9-7-20(8-10-21)32-27(37)28(38)34-35-24-12-6-18(29)14-17(24)15-25(35)26(36)33-23-11-5-19(30)16-22(23)31/h5-12,14-16H,2-4,13H2,1H3,(H,32,37)(H,33,36)(H,34,38). The molecule has 1 heterocycles. The van der Waals surface area contributed by atoms with Crippen LogP contribution in [0.4, 0.5) is 11.4 Å². The van der Waals surface area contributed by atoms with Gasteiger partial charge in [-0.05, 0) is 73.2 Å². The molecule has 0 saturated carbocycles. The van der Waals surface area contributed by atoms with Gasteiger partial charge in [-0.1, -0.05) is 54.6 Å². The molecule has 39 heavy (non-hydrogen) atoms. The molecule has 0 aliphatic rings. The fraction of sp³-hybridized carbons (Fsp3) is 0.179. The number of nitrogens with one attached hydrogen (secondary N) is 3. The van der Waals surface area contributed by atoms with E-state index in [1.165, 1.54) is 16.8 Å².